The minimum atomic E-state index is 0.671. The van der Waals surface area contributed by atoms with Crippen molar-refractivity contribution in [1.82, 2.24) is 4.98 Å². The van der Waals surface area contributed by atoms with Crippen LogP contribution in [0, 0.1) is 12.8 Å². The molecule has 1 aliphatic carbocycles. The second-order valence-electron chi connectivity index (χ2n) is 4.36. The van der Waals surface area contributed by atoms with Crippen LogP contribution in [0.25, 0.3) is 0 Å². The molecule has 2 rings (SSSR count). The monoisotopic (exact) mass is 210 g/mol. The van der Waals surface area contributed by atoms with Crippen LogP contribution in [0.4, 0.5) is 5.82 Å². The number of anilines is 1. The number of thiazole rings is 1. The quantitative estimate of drug-likeness (QED) is 0.772. The van der Waals surface area contributed by atoms with E-state index in [4.69, 9.17) is 5.73 Å². The molecule has 1 heterocycles. The van der Waals surface area contributed by atoms with Crippen molar-refractivity contribution < 1.29 is 0 Å². The molecule has 1 aliphatic rings. The minimum absolute atomic E-state index is 0.671. The van der Waals surface area contributed by atoms with E-state index in [2.05, 4.69) is 18.8 Å². The molecule has 0 bridgehead atoms. The number of rotatable bonds is 1. The van der Waals surface area contributed by atoms with Crippen LogP contribution < -0.4 is 5.73 Å². The molecule has 2 atom stereocenters. The molecule has 2 nitrogen and oxygen atoms in total. The number of aromatic nitrogens is 1. The van der Waals surface area contributed by atoms with Gasteiger partial charge in [-0.1, -0.05) is 26.2 Å². The van der Waals surface area contributed by atoms with Crippen LogP contribution in [0.1, 0.15) is 48.4 Å². The highest BCUT2D eigenvalue weighted by atomic mass is 32.1. The molecular formula is C11H18N2S. The second kappa shape index (κ2) is 3.89. The lowest BCUT2D eigenvalue weighted by Crippen LogP contribution is -2.14. The molecule has 2 N–H and O–H groups in total. The Morgan fingerprint density at radius 2 is 2.07 bits per heavy atom. The molecular weight excluding hydrogens is 192 g/mol. The van der Waals surface area contributed by atoms with E-state index in [1.807, 2.05) is 0 Å². The van der Waals surface area contributed by atoms with Gasteiger partial charge in [0.2, 0.25) is 0 Å². The first kappa shape index (κ1) is 9.97. The van der Waals surface area contributed by atoms with Gasteiger partial charge in [-0.05, 0) is 19.3 Å². The smallest absolute Gasteiger partial charge is 0.137 e. The van der Waals surface area contributed by atoms with Crippen molar-refractivity contribution in [3.05, 3.63) is 9.88 Å². The molecule has 0 amide bonds. The molecule has 3 heteroatoms. The summed E-state index contributed by atoms with van der Waals surface area (Å²) in [5.74, 6) is 2.20. The summed E-state index contributed by atoms with van der Waals surface area (Å²) in [5, 5.41) is 1.27. The Morgan fingerprint density at radius 1 is 1.36 bits per heavy atom. The summed E-state index contributed by atoms with van der Waals surface area (Å²) in [4.78, 5) is 5.66. The highest BCUT2D eigenvalue weighted by molar-refractivity contribution is 7.12. The zero-order valence-electron chi connectivity index (χ0n) is 8.92. The van der Waals surface area contributed by atoms with Crippen LogP contribution in [0.2, 0.25) is 0 Å². The number of nitrogens with two attached hydrogens (primary N) is 1. The van der Waals surface area contributed by atoms with Crippen molar-refractivity contribution in [2.45, 2.75) is 45.4 Å². The summed E-state index contributed by atoms with van der Waals surface area (Å²) in [6, 6.07) is 0. The summed E-state index contributed by atoms with van der Waals surface area (Å²) in [7, 11) is 0. The second-order valence-corrected chi connectivity index (χ2v) is 5.60. The standard InChI is InChI=1S/C11H18N2S/c1-7-5-3-4-6-9(7)11-13-10(12)8(2)14-11/h7,9H,3-6,12H2,1-2H3. The predicted molar refractivity (Wildman–Crippen MR) is 61.6 cm³/mol. The van der Waals surface area contributed by atoms with Crippen molar-refractivity contribution in [2.75, 3.05) is 5.73 Å². The first-order valence-corrected chi connectivity index (χ1v) is 6.23. The molecule has 0 radical (unpaired) electrons. The lowest BCUT2D eigenvalue weighted by atomic mass is 9.81. The van der Waals surface area contributed by atoms with Crippen molar-refractivity contribution in [3.63, 3.8) is 0 Å². The molecule has 1 aromatic heterocycles. The fourth-order valence-electron chi connectivity index (χ4n) is 2.27. The largest absolute Gasteiger partial charge is 0.383 e. The SMILES string of the molecule is Cc1sc(C2CCCCC2C)nc1N. The third kappa shape index (κ3) is 1.78. The van der Waals surface area contributed by atoms with E-state index >= 15 is 0 Å². The minimum Gasteiger partial charge on any atom is -0.383 e. The van der Waals surface area contributed by atoms with E-state index in [9.17, 15) is 0 Å². The van der Waals surface area contributed by atoms with Gasteiger partial charge in [0.15, 0.2) is 0 Å². The average molecular weight is 210 g/mol. The first-order chi connectivity index (χ1) is 6.68. The lowest BCUT2D eigenvalue weighted by Gasteiger charge is -2.26. The topological polar surface area (TPSA) is 38.9 Å². The maximum absolute atomic E-state index is 5.79. The van der Waals surface area contributed by atoms with Gasteiger partial charge in [-0.15, -0.1) is 11.3 Å². The maximum Gasteiger partial charge on any atom is 0.137 e. The Balaban J connectivity index is 2.20. The number of aryl methyl sites for hydroxylation is 1. The Hall–Kier alpha value is -0.570. The van der Waals surface area contributed by atoms with Crippen LogP contribution in [-0.2, 0) is 0 Å². The molecule has 2 unspecified atom stereocenters. The Labute approximate surface area is 89.5 Å². The van der Waals surface area contributed by atoms with Crippen molar-refractivity contribution in [2.24, 2.45) is 5.92 Å². The van der Waals surface area contributed by atoms with Crippen LogP contribution >= 0.6 is 11.3 Å². The number of hydrogen-bond donors (Lipinski definition) is 1. The van der Waals surface area contributed by atoms with Gasteiger partial charge in [-0.3, -0.25) is 0 Å². The highest BCUT2D eigenvalue weighted by Gasteiger charge is 2.25. The average Bonchev–Trinajstić information content (AvgIpc) is 2.48. The highest BCUT2D eigenvalue weighted by Crippen LogP contribution is 2.39. The van der Waals surface area contributed by atoms with Gasteiger partial charge in [0, 0.05) is 10.8 Å². The van der Waals surface area contributed by atoms with E-state index in [-0.39, 0.29) is 0 Å². The first-order valence-electron chi connectivity index (χ1n) is 5.41. The maximum atomic E-state index is 5.79. The molecule has 0 saturated heterocycles. The van der Waals surface area contributed by atoms with Gasteiger partial charge in [-0.25, -0.2) is 4.98 Å². The molecule has 14 heavy (non-hydrogen) atoms. The van der Waals surface area contributed by atoms with E-state index in [1.165, 1.54) is 35.6 Å². The van der Waals surface area contributed by atoms with Crippen LogP contribution in [0.15, 0.2) is 0 Å². The fourth-order valence-corrected chi connectivity index (χ4v) is 3.38. The van der Waals surface area contributed by atoms with E-state index < -0.39 is 0 Å². The lowest BCUT2D eigenvalue weighted by molar-refractivity contribution is 0.330. The van der Waals surface area contributed by atoms with Crippen LogP contribution in [-0.4, -0.2) is 4.98 Å². The zero-order chi connectivity index (χ0) is 10.1. The summed E-state index contributed by atoms with van der Waals surface area (Å²) in [6.45, 7) is 4.40. The van der Waals surface area contributed by atoms with Gasteiger partial charge in [0.05, 0.1) is 5.01 Å². The molecule has 0 aromatic carbocycles. The van der Waals surface area contributed by atoms with Crippen molar-refractivity contribution >= 4 is 17.2 Å². The molecule has 1 fully saturated rings. The van der Waals surface area contributed by atoms with Crippen LogP contribution in [0.3, 0.4) is 0 Å². The summed E-state index contributed by atoms with van der Waals surface area (Å²) >= 11 is 1.79. The molecule has 1 aromatic rings. The van der Waals surface area contributed by atoms with Crippen molar-refractivity contribution in [1.29, 1.82) is 0 Å². The Kier molecular flexibility index (Phi) is 2.77. The molecule has 0 spiro atoms. The van der Waals surface area contributed by atoms with Crippen LogP contribution in [0.5, 0.6) is 0 Å². The van der Waals surface area contributed by atoms with Crippen molar-refractivity contribution in [3.8, 4) is 0 Å². The third-order valence-electron chi connectivity index (χ3n) is 3.28. The summed E-state index contributed by atoms with van der Waals surface area (Å²) in [6.07, 6.45) is 5.39. The fraction of sp³-hybridized carbons (Fsp3) is 0.727. The summed E-state index contributed by atoms with van der Waals surface area (Å²) < 4.78 is 0. The Bertz CT molecular complexity index is 300. The zero-order valence-corrected chi connectivity index (χ0v) is 9.73. The third-order valence-corrected chi connectivity index (χ3v) is 4.40. The van der Waals surface area contributed by atoms with E-state index in [0.29, 0.717) is 5.92 Å². The van der Waals surface area contributed by atoms with Gasteiger partial charge in [0.25, 0.3) is 0 Å². The predicted octanol–water partition coefficient (Wildman–Crippen LogP) is 3.33. The van der Waals surface area contributed by atoms with Gasteiger partial charge < -0.3 is 5.73 Å². The van der Waals surface area contributed by atoms with Gasteiger partial charge in [-0.2, -0.15) is 0 Å². The number of hydrogen-bond acceptors (Lipinski definition) is 3. The Morgan fingerprint density at radius 3 is 2.64 bits per heavy atom. The number of nitrogens with zero attached hydrogens (tertiary/aromatic N) is 1. The van der Waals surface area contributed by atoms with Gasteiger partial charge >= 0.3 is 0 Å². The molecule has 78 valence electrons. The number of nitrogen functional groups attached to an aromatic ring is 1. The molecule has 0 aliphatic heterocycles. The van der Waals surface area contributed by atoms with E-state index in [1.54, 1.807) is 11.3 Å². The van der Waals surface area contributed by atoms with E-state index in [0.717, 1.165) is 11.7 Å². The summed E-state index contributed by atoms with van der Waals surface area (Å²) in [5.41, 5.74) is 5.79. The normalized spacial score (nSPS) is 27.9. The molecule has 1 saturated carbocycles. The van der Waals surface area contributed by atoms with Gasteiger partial charge in [0.1, 0.15) is 5.82 Å².